The van der Waals surface area contributed by atoms with Crippen molar-refractivity contribution in [2.24, 2.45) is 5.92 Å². The summed E-state index contributed by atoms with van der Waals surface area (Å²) in [5, 5.41) is 0. The van der Waals surface area contributed by atoms with Crippen molar-refractivity contribution < 1.29 is 14.0 Å². The highest BCUT2D eigenvalue weighted by atomic mass is 19.1. The Kier molecular flexibility index (Phi) is 5.66. The predicted molar refractivity (Wildman–Crippen MR) is 119 cm³/mol. The number of amides is 2. The third-order valence-electron chi connectivity index (χ3n) is 7.18. The molecule has 1 atom stereocenters. The molecule has 0 spiro atoms. The molecule has 3 heterocycles. The molecule has 0 bridgehead atoms. The Labute approximate surface area is 187 Å². The molecule has 2 aliphatic heterocycles. The molecule has 7 heteroatoms. The summed E-state index contributed by atoms with van der Waals surface area (Å²) in [6.07, 6.45) is 6.23. The van der Waals surface area contributed by atoms with Gasteiger partial charge in [0.05, 0.1) is 6.54 Å². The second-order valence-electron chi connectivity index (χ2n) is 9.33. The average molecular weight is 437 g/mol. The second kappa shape index (κ2) is 8.60. The number of nitrogens with zero attached hydrogens (tertiary/aromatic N) is 4. The van der Waals surface area contributed by atoms with Gasteiger partial charge in [-0.2, -0.15) is 0 Å². The molecule has 2 amide bonds. The van der Waals surface area contributed by atoms with Crippen LogP contribution in [0.4, 0.5) is 10.2 Å². The van der Waals surface area contributed by atoms with Crippen LogP contribution in [0.25, 0.3) is 0 Å². The fourth-order valence-corrected chi connectivity index (χ4v) is 5.32. The van der Waals surface area contributed by atoms with Crippen LogP contribution in [0.3, 0.4) is 0 Å². The molecule has 3 aliphatic rings. The van der Waals surface area contributed by atoms with E-state index in [0.717, 1.165) is 61.3 Å². The number of carbonyl (C=O) groups excluding carboxylic acids is 2. The lowest BCUT2D eigenvalue weighted by atomic mass is 10.0. The first kappa shape index (κ1) is 21.0. The number of anilines is 1. The topological polar surface area (TPSA) is 66.4 Å². The Hall–Kier alpha value is -2.83. The van der Waals surface area contributed by atoms with Crippen molar-refractivity contribution in [3.8, 4) is 0 Å². The average Bonchev–Trinajstić information content (AvgIpc) is 3.49. The monoisotopic (exact) mass is 436 g/mol. The van der Waals surface area contributed by atoms with Gasteiger partial charge in [0.25, 0.3) is 0 Å². The summed E-state index contributed by atoms with van der Waals surface area (Å²) >= 11 is 0. The van der Waals surface area contributed by atoms with Gasteiger partial charge in [0.1, 0.15) is 17.5 Å². The minimum absolute atomic E-state index is 0.0235. The van der Waals surface area contributed by atoms with Crippen molar-refractivity contribution in [3.63, 3.8) is 0 Å². The lowest BCUT2D eigenvalue weighted by molar-refractivity contribution is -0.134. The van der Waals surface area contributed by atoms with Crippen LogP contribution in [0.1, 0.15) is 67.1 Å². The van der Waals surface area contributed by atoms with Crippen molar-refractivity contribution >= 4 is 17.6 Å². The zero-order valence-electron chi connectivity index (χ0n) is 18.5. The van der Waals surface area contributed by atoms with Gasteiger partial charge in [0.15, 0.2) is 0 Å². The molecule has 1 aliphatic carbocycles. The Bertz CT molecular complexity index is 1030. The number of likely N-dealkylation sites (tertiary alicyclic amines) is 1. The fourth-order valence-electron chi connectivity index (χ4n) is 5.32. The van der Waals surface area contributed by atoms with E-state index >= 15 is 0 Å². The molecular formula is C25H29FN4O2. The third kappa shape index (κ3) is 4.00. The van der Waals surface area contributed by atoms with Gasteiger partial charge in [-0.25, -0.2) is 14.4 Å². The minimum Gasteiger partial charge on any atom is -0.342 e. The van der Waals surface area contributed by atoms with Crippen LogP contribution in [0.15, 0.2) is 24.3 Å². The normalized spacial score (nSPS) is 21.3. The van der Waals surface area contributed by atoms with E-state index in [-0.39, 0.29) is 29.5 Å². The molecule has 168 valence electrons. The number of carbonyl (C=O) groups is 2. The van der Waals surface area contributed by atoms with Crippen LogP contribution in [-0.2, 0) is 22.6 Å². The maximum absolute atomic E-state index is 13.3. The zero-order valence-corrected chi connectivity index (χ0v) is 18.5. The molecule has 1 saturated carbocycles. The summed E-state index contributed by atoms with van der Waals surface area (Å²) in [5.74, 6) is 1.69. The summed E-state index contributed by atoms with van der Waals surface area (Å²) < 4.78 is 13.3. The molecule has 0 unspecified atom stereocenters. The van der Waals surface area contributed by atoms with Crippen molar-refractivity contribution in [3.05, 3.63) is 52.7 Å². The van der Waals surface area contributed by atoms with Gasteiger partial charge in [0.2, 0.25) is 11.8 Å². The van der Waals surface area contributed by atoms with E-state index in [1.165, 1.54) is 12.1 Å². The first-order valence-corrected chi connectivity index (χ1v) is 11.7. The highest BCUT2D eigenvalue weighted by Gasteiger charge is 2.35. The number of aryl methyl sites for hydroxylation is 1. The summed E-state index contributed by atoms with van der Waals surface area (Å²) in [6, 6.07) is 6.23. The fraction of sp³-hybridized carbons (Fsp3) is 0.520. The number of hydrogen-bond acceptors (Lipinski definition) is 4. The molecule has 6 nitrogen and oxygen atoms in total. The van der Waals surface area contributed by atoms with E-state index in [1.807, 2.05) is 11.8 Å². The molecular weight excluding hydrogens is 407 g/mol. The number of halogens is 1. The van der Waals surface area contributed by atoms with Gasteiger partial charge in [0, 0.05) is 42.6 Å². The van der Waals surface area contributed by atoms with Crippen LogP contribution in [-0.4, -0.2) is 39.8 Å². The molecule has 1 saturated heterocycles. The number of aromatic nitrogens is 2. The SMILES string of the molecule is Cc1nc([C@@H]2CCN(C(=O)C3CCCC3)C2)nc2c1CCC(=O)N2Cc1ccc(F)cc1. The highest BCUT2D eigenvalue weighted by molar-refractivity contribution is 5.95. The van der Waals surface area contributed by atoms with Gasteiger partial charge in [-0.1, -0.05) is 25.0 Å². The van der Waals surface area contributed by atoms with Gasteiger partial charge in [-0.3, -0.25) is 14.5 Å². The van der Waals surface area contributed by atoms with Crippen molar-refractivity contribution in [1.82, 2.24) is 14.9 Å². The van der Waals surface area contributed by atoms with E-state index in [0.29, 0.717) is 31.7 Å². The molecule has 0 radical (unpaired) electrons. The molecule has 2 fully saturated rings. The van der Waals surface area contributed by atoms with Crippen molar-refractivity contribution in [1.29, 1.82) is 0 Å². The summed E-state index contributed by atoms with van der Waals surface area (Å²) in [5.41, 5.74) is 2.77. The summed E-state index contributed by atoms with van der Waals surface area (Å²) in [7, 11) is 0. The number of hydrogen-bond donors (Lipinski definition) is 0. The maximum atomic E-state index is 13.3. The molecule has 0 N–H and O–H groups in total. The first-order valence-electron chi connectivity index (χ1n) is 11.7. The van der Waals surface area contributed by atoms with Gasteiger partial charge in [-0.15, -0.1) is 0 Å². The van der Waals surface area contributed by atoms with Gasteiger partial charge in [-0.05, 0) is 50.3 Å². The van der Waals surface area contributed by atoms with Crippen LogP contribution < -0.4 is 4.90 Å². The quantitative estimate of drug-likeness (QED) is 0.729. The van der Waals surface area contributed by atoms with Crippen molar-refractivity contribution in [2.75, 3.05) is 18.0 Å². The number of rotatable bonds is 4. The Morgan fingerprint density at radius 1 is 1.09 bits per heavy atom. The van der Waals surface area contributed by atoms with Gasteiger partial charge >= 0.3 is 0 Å². The van der Waals surface area contributed by atoms with Crippen LogP contribution in [0, 0.1) is 18.7 Å². The van der Waals surface area contributed by atoms with Crippen LogP contribution in [0.2, 0.25) is 0 Å². The summed E-state index contributed by atoms with van der Waals surface area (Å²) in [4.78, 5) is 39.0. The van der Waals surface area contributed by atoms with E-state index < -0.39 is 0 Å². The molecule has 5 rings (SSSR count). The standard InChI is InChI=1S/C25H29FN4O2/c1-16-21-10-11-22(31)30(14-17-6-8-20(26)9-7-17)24(21)28-23(27-16)19-12-13-29(15-19)25(32)18-4-2-3-5-18/h6-9,18-19H,2-5,10-15H2,1H3/t19-/m1/s1. The van der Waals surface area contributed by atoms with Crippen LogP contribution in [0.5, 0.6) is 0 Å². The van der Waals surface area contributed by atoms with E-state index in [4.69, 9.17) is 9.97 Å². The number of benzene rings is 1. The first-order chi connectivity index (χ1) is 15.5. The third-order valence-corrected chi connectivity index (χ3v) is 7.18. The van der Waals surface area contributed by atoms with E-state index in [2.05, 4.69) is 0 Å². The van der Waals surface area contributed by atoms with E-state index in [9.17, 15) is 14.0 Å². The largest absolute Gasteiger partial charge is 0.342 e. The molecule has 2 aromatic rings. The predicted octanol–water partition coefficient (Wildman–Crippen LogP) is 3.91. The Balaban J connectivity index is 1.39. The van der Waals surface area contributed by atoms with Gasteiger partial charge < -0.3 is 4.90 Å². The lowest BCUT2D eigenvalue weighted by Crippen LogP contribution is -2.36. The zero-order chi connectivity index (χ0) is 22.2. The van der Waals surface area contributed by atoms with Crippen molar-refractivity contribution in [2.45, 2.75) is 64.3 Å². The minimum atomic E-state index is -0.294. The second-order valence-corrected chi connectivity index (χ2v) is 9.33. The smallest absolute Gasteiger partial charge is 0.228 e. The lowest BCUT2D eigenvalue weighted by Gasteiger charge is -2.30. The molecule has 1 aromatic heterocycles. The summed E-state index contributed by atoms with van der Waals surface area (Å²) in [6.45, 7) is 3.74. The van der Waals surface area contributed by atoms with E-state index in [1.54, 1.807) is 17.0 Å². The number of fused-ring (bicyclic) bond motifs is 1. The molecule has 1 aromatic carbocycles. The van der Waals surface area contributed by atoms with Crippen LogP contribution >= 0.6 is 0 Å². The highest BCUT2D eigenvalue weighted by Crippen LogP contribution is 2.34. The molecule has 32 heavy (non-hydrogen) atoms. The Morgan fingerprint density at radius 2 is 1.84 bits per heavy atom. The maximum Gasteiger partial charge on any atom is 0.228 e. The Morgan fingerprint density at radius 3 is 2.59 bits per heavy atom.